The lowest BCUT2D eigenvalue weighted by Crippen LogP contribution is -2.52. The Balaban J connectivity index is 1.57. The summed E-state index contributed by atoms with van der Waals surface area (Å²) < 4.78 is 0. The summed E-state index contributed by atoms with van der Waals surface area (Å²) in [7, 11) is 0. The van der Waals surface area contributed by atoms with Gasteiger partial charge < -0.3 is 4.90 Å². The van der Waals surface area contributed by atoms with Gasteiger partial charge >= 0.3 is 0 Å². The minimum atomic E-state index is -0.687. The van der Waals surface area contributed by atoms with Crippen LogP contribution in [-0.2, 0) is 20.8 Å². The van der Waals surface area contributed by atoms with E-state index in [1.807, 2.05) is 13.0 Å². The van der Waals surface area contributed by atoms with E-state index < -0.39 is 17.4 Å². The first-order valence-corrected chi connectivity index (χ1v) is 12.3. The predicted molar refractivity (Wildman–Crippen MR) is 128 cm³/mol. The number of hydrogen-bond acceptors (Lipinski definition) is 4. The zero-order valence-electron chi connectivity index (χ0n) is 18.9. The minimum Gasteiger partial charge on any atom is -0.325 e. The Morgan fingerprint density at radius 2 is 1.81 bits per heavy atom. The summed E-state index contributed by atoms with van der Waals surface area (Å²) in [5, 5.41) is 2.52. The standard InChI is InChI=1S/C26H33NO3S/c1-4-26(2,3)23(28)24(29)27-17-8-7-16-22(27)25(30)31-18-10-14-20-13-9-12-19-11-5-6-15-21(19)20/h5-6,9,11-13,15,22H,4,7-8,10,14,16-18H2,1-3H3. The van der Waals surface area contributed by atoms with Gasteiger partial charge in [0.15, 0.2) is 0 Å². The maximum absolute atomic E-state index is 12.9. The van der Waals surface area contributed by atoms with Gasteiger partial charge in [-0.3, -0.25) is 14.4 Å². The molecule has 166 valence electrons. The van der Waals surface area contributed by atoms with Crippen LogP contribution < -0.4 is 0 Å². The van der Waals surface area contributed by atoms with Crippen LogP contribution in [0.5, 0.6) is 0 Å². The molecule has 0 spiro atoms. The zero-order valence-corrected chi connectivity index (χ0v) is 19.7. The van der Waals surface area contributed by atoms with Gasteiger partial charge in [0, 0.05) is 17.7 Å². The van der Waals surface area contributed by atoms with Crippen LogP contribution in [0.2, 0.25) is 0 Å². The number of carbonyl (C=O) groups excluding carboxylic acids is 3. The molecule has 0 radical (unpaired) electrons. The van der Waals surface area contributed by atoms with Gasteiger partial charge in [-0.1, -0.05) is 75.0 Å². The molecule has 0 N–H and O–H groups in total. The molecule has 1 aliphatic rings. The highest BCUT2D eigenvalue weighted by Gasteiger charge is 2.39. The molecule has 2 aromatic rings. The van der Waals surface area contributed by atoms with Gasteiger partial charge in [-0.15, -0.1) is 0 Å². The van der Waals surface area contributed by atoms with Gasteiger partial charge in [-0.25, -0.2) is 0 Å². The predicted octanol–water partition coefficient (Wildman–Crippen LogP) is 5.42. The van der Waals surface area contributed by atoms with E-state index in [0.29, 0.717) is 19.4 Å². The van der Waals surface area contributed by atoms with Crippen LogP contribution in [0.1, 0.15) is 58.4 Å². The summed E-state index contributed by atoms with van der Waals surface area (Å²) in [6.45, 7) is 6.01. The van der Waals surface area contributed by atoms with Crippen LogP contribution in [0, 0.1) is 5.41 Å². The number of amides is 1. The Kier molecular flexibility index (Phi) is 7.93. The Morgan fingerprint density at radius 1 is 1.06 bits per heavy atom. The van der Waals surface area contributed by atoms with Crippen molar-refractivity contribution < 1.29 is 14.4 Å². The maximum atomic E-state index is 12.9. The third-order valence-electron chi connectivity index (χ3n) is 6.44. The number of Topliss-reactive ketones (excluding diaryl/α,β-unsaturated/α-hetero) is 1. The minimum absolute atomic E-state index is 0.0214. The Hall–Kier alpha value is -2.14. The summed E-state index contributed by atoms with van der Waals surface area (Å²) in [5.74, 6) is -0.147. The fourth-order valence-corrected chi connectivity index (χ4v) is 4.97. The lowest BCUT2D eigenvalue weighted by atomic mass is 9.84. The number of thioether (sulfide) groups is 1. The number of hydrogen-bond donors (Lipinski definition) is 0. The first-order chi connectivity index (χ1) is 14.8. The molecule has 5 heteroatoms. The fraction of sp³-hybridized carbons (Fsp3) is 0.500. The van der Waals surface area contributed by atoms with Crippen molar-refractivity contribution in [2.24, 2.45) is 5.41 Å². The van der Waals surface area contributed by atoms with Crippen molar-refractivity contribution in [1.29, 1.82) is 0 Å². The number of fused-ring (bicyclic) bond motifs is 1. The molecule has 1 heterocycles. The average Bonchev–Trinajstić information content (AvgIpc) is 2.80. The van der Waals surface area contributed by atoms with Gasteiger partial charge in [0.2, 0.25) is 10.9 Å². The van der Waals surface area contributed by atoms with E-state index in [0.717, 1.165) is 31.4 Å². The van der Waals surface area contributed by atoms with Crippen molar-refractivity contribution in [2.75, 3.05) is 12.3 Å². The largest absolute Gasteiger partial charge is 0.325 e. The highest BCUT2D eigenvalue weighted by Crippen LogP contribution is 2.28. The molecule has 0 bridgehead atoms. The molecule has 0 saturated carbocycles. The number of carbonyl (C=O) groups is 3. The maximum Gasteiger partial charge on any atom is 0.291 e. The highest BCUT2D eigenvalue weighted by atomic mass is 32.2. The molecule has 4 nitrogen and oxygen atoms in total. The number of aryl methyl sites for hydroxylation is 1. The molecular weight excluding hydrogens is 406 g/mol. The molecule has 1 fully saturated rings. The van der Waals surface area contributed by atoms with Gasteiger partial charge in [-0.05, 0) is 54.9 Å². The summed E-state index contributed by atoms with van der Waals surface area (Å²) >= 11 is 1.31. The van der Waals surface area contributed by atoms with Crippen molar-refractivity contribution in [3.63, 3.8) is 0 Å². The highest BCUT2D eigenvalue weighted by molar-refractivity contribution is 8.13. The van der Waals surface area contributed by atoms with Crippen molar-refractivity contribution in [2.45, 2.75) is 65.3 Å². The van der Waals surface area contributed by atoms with Crippen molar-refractivity contribution >= 4 is 39.3 Å². The topological polar surface area (TPSA) is 54.5 Å². The van der Waals surface area contributed by atoms with E-state index in [2.05, 4.69) is 36.4 Å². The lowest BCUT2D eigenvalue weighted by Gasteiger charge is -2.35. The molecule has 31 heavy (non-hydrogen) atoms. The number of likely N-dealkylation sites (tertiary alicyclic amines) is 1. The Labute approximate surface area is 189 Å². The number of benzene rings is 2. The summed E-state index contributed by atoms with van der Waals surface area (Å²) in [5.41, 5.74) is 0.612. The third kappa shape index (κ3) is 5.57. The van der Waals surface area contributed by atoms with Crippen LogP contribution in [0.3, 0.4) is 0 Å². The Bertz CT molecular complexity index is 947. The van der Waals surface area contributed by atoms with Gasteiger partial charge in [-0.2, -0.15) is 0 Å². The molecule has 3 rings (SSSR count). The Morgan fingerprint density at radius 3 is 2.58 bits per heavy atom. The first-order valence-electron chi connectivity index (χ1n) is 11.3. The summed E-state index contributed by atoms with van der Waals surface area (Å²) in [6, 6.07) is 14.2. The van der Waals surface area contributed by atoms with E-state index in [4.69, 9.17) is 0 Å². The second kappa shape index (κ2) is 10.4. The molecule has 1 unspecified atom stereocenters. The van der Waals surface area contributed by atoms with Crippen LogP contribution in [0.4, 0.5) is 0 Å². The molecule has 0 aliphatic carbocycles. The van der Waals surface area contributed by atoms with E-state index in [-0.39, 0.29) is 10.9 Å². The molecule has 1 amide bonds. The average molecular weight is 440 g/mol. The van der Waals surface area contributed by atoms with Gasteiger partial charge in [0.1, 0.15) is 6.04 Å². The van der Waals surface area contributed by atoms with Crippen LogP contribution in [0.15, 0.2) is 42.5 Å². The molecule has 2 aromatic carbocycles. The van der Waals surface area contributed by atoms with E-state index in [1.165, 1.54) is 28.1 Å². The monoisotopic (exact) mass is 439 g/mol. The lowest BCUT2D eigenvalue weighted by molar-refractivity contribution is -0.152. The SMILES string of the molecule is CCC(C)(C)C(=O)C(=O)N1CCCCC1C(=O)SCCCc1cccc2ccccc12. The molecule has 1 atom stereocenters. The molecule has 0 aromatic heterocycles. The fourth-order valence-electron chi connectivity index (χ4n) is 4.04. The van der Waals surface area contributed by atoms with Crippen molar-refractivity contribution in [3.8, 4) is 0 Å². The smallest absolute Gasteiger partial charge is 0.291 e. The summed E-state index contributed by atoms with van der Waals surface area (Å²) in [4.78, 5) is 40.0. The number of piperidine rings is 1. The zero-order chi connectivity index (χ0) is 22.4. The quantitative estimate of drug-likeness (QED) is 0.407. The van der Waals surface area contributed by atoms with E-state index in [1.54, 1.807) is 18.7 Å². The molecule has 1 aliphatic heterocycles. The molecule has 1 saturated heterocycles. The second-order valence-electron chi connectivity index (χ2n) is 8.99. The third-order valence-corrected chi connectivity index (χ3v) is 7.49. The van der Waals surface area contributed by atoms with E-state index >= 15 is 0 Å². The molecular formula is C26H33NO3S. The van der Waals surface area contributed by atoms with Gasteiger partial charge in [0.05, 0.1) is 0 Å². The number of nitrogens with zero attached hydrogens (tertiary/aromatic N) is 1. The first kappa shape index (κ1) is 23.5. The second-order valence-corrected chi connectivity index (χ2v) is 10.1. The van der Waals surface area contributed by atoms with E-state index in [9.17, 15) is 14.4 Å². The van der Waals surface area contributed by atoms with Crippen molar-refractivity contribution in [3.05, 3.63) is 48.0 Å². The van der Waals surface area contributed by atoms with Crippen LogP contribution in [0.25, 0.3) is 10.8 Å². The van der Waals surface area contributed by atoms with Crippen LogP contribution in [-0.4, -0.2) is 40.0 Å². The van der Waals surface area contributed by atoms with Crippen molar-refractivity contribution in [1.82, 2.24) is 4.90 Å². The normalized spacial score (nSPS) is 17.0. The number of rotatable bonds is 8. The number of ketones is 1. The van der Waals surface area contributed by atoms with Crippen LogP contribution >= 0.6 is 11.8 Å². The van der Waals surface area contributed by atoms with Gasteiger partial charge in [0.25, 0.3) is 5.91 Å². The summed E-state index contributed by atoms with van der Waals surface area (Å²) in [6.07, 6.45) is 4.84.